The smallest absolute Gasteiger partial charge is 0.308 e. The Labute approximate surface area is 116 Å². The molecule has 1 aliphatic heterocycles. The molecule has 1 aromatic rings. The van der Waals surface area contributed by atoms with Gasteiger partial charge < -0.3 is 19.8 Å². The molecule has 6 nitrogen and oxygen atoms in total. The van der Waals surface area contributed by atoms with Crippen LogP contribution in [0.2, 0.25) is 0 Å². The second-order valence-electron chi connectivity index (χ2n) is 4.78. The van der Waals surface area contributed by atoms with Gasteiger partial charge in [-0.05, 0) is 25.0 Å². The van der Waals surface area contributed by atoms with Crippen molar-refractivity contribution in [1.82, 2.24) is 4.90 Å². The lowest BCUT2D eigenvalue weighted by atomic mass is 9.97. The average Bonchev–Trinajstić information content (AvgIpc) is 2.47. The number of hydrogen-bond donors (Lipinski definition) is 2. The average molecular weight is 279 g/mol. The Balaban J connectivity index is 2.21. The van der Waals surface area contributed by atoms with Crippen LogP contribution >= 0.6 is 0 Å². The minimum atomic E-state index is -0.891. The first-order valence-electron chi connectivity index (χ1n) is 6.42. The Bertz CT molecular complexity index is 528. The van der Waals surface area contributed by atoms with E-state index in [0.717, 1.165) is 0 Å². The lowest BCUT2D eigenvalue weighted by Crippen LogP contribution is -2.42. The van der Waals surface area contributed by atoms with E-state index in [1.807, 2.05) is 0 Å². The molecule has 0 aromatic heterocycles. The number of aliphatic carboxylic acids is 1. The van der Waals surface area contributed by atoms with E-state index >= 15 is 0 Å². The molecule has 108 valence electrons. The first kappa shape index (κ1) is 14.2. The SMILES string of the molecule is COc1cccc(C(=O)N2CCC[C@@H](C(=O)O)C2)c1O. The van der Waals surface area contributed by atoms with Crippen molar-refractivity contribution in [2.45, 2.75) is 12.8 Å². The van der Waals surface area contributed by atoms with Crippen LogP contribution in [0.4, 0.5) is 0 Å². The summed E-state index contributed by atoms with van der Waals surface area (Å²) in [5, 5.41) is 19.0. The molecule has 2 N–H and O–H groups in total. The summed E-state index contributed by atoms with van der Waals surface area (Å²) in [5.74, 6) is -1.79. The van der Waals surface area contributed by atoms with Crippen LogP contribution in [-0.4, -0.2) is 47.2 Å². The number of hydrogen-bond acceptors (Lipinski definition) is 4. The van der Waals surface area contributed by atoms with Crippen molar-refractivity contribution < 1.29 is 24.5 Å². The summed E-state index contributed by atoms with van der Waals surface area (Å²) in [6.07, 6.45) is 1.22. The van der Waals surface area contributed by atoms with E-state index in [2.05, 4.69) is 0 Å². The van der Waals surface area contributed by atoms with Gasteiger partial charge in [-0.2, -0.15) is 0 Å². The summed E-state index contributed by atoms with van der Waals surface area (Å²) in [7, 11) is 1.41. The molecule has 0 aliphatic carbocycles. The number of phenolic OH excluding ortho intramolecular Hbond substituents is 1. The monoisotopic (exact) mass is 279 g/mol. The molecule has 0 spiro atoms. The van der Waals surface area contributed by atoms with Gasteiger partial charge in [0, 0.05) is 13.1 Å². The third-order valence-corrected chi connectivity index (χ3v) is 3.51. The van der Waals surface area contributed by atoms with E-state index in [1.165, 1.54) is 18.1 Å². The van der Waals surface area contributed by atoms with Crippen molar-refractivity contribution in [1.29, 1.82) is 0 Å². The third kappa shape index (κ3) is 2.68. The maximum atomic E-state index is 12.4. The molecule has 1 heterocycles. The van der Waals surface area contributed by atoms with Crippen LogP contribution < -0.4 is 4.74 Å². The molecule has 1 fully saturated rings. The van der Waals surface area contributed by atoms with Crippen molar-refractivity contribution in [3.8, 4) is 11.5 Å². The van der Waals surface area contributed by atoms with Gasteiger partial charge in [0.1, 0.15) is 0 Å². The number of rotatable bonds is 3. The van der Waals surface area contributed by atoms with Crippen LogP contribution in [0, 0.1) is 5.92 Å². The summed E-state index contributed by atoms with van der Waals surface area (Å²) in [6.45, 7) is 0.671. The molecule has 0 unspecified atom stereocenters. The van der Waals surface area contributed by atoms with Crippen LogP contribution in [0.1, 0.15) is 23.2 Å². The number of carbonyl (C=O) groups is 2. The number of carboxylic acid groups (broad SMARTS) is 1. The fourth-order valence-electron chi connectivity index (χ4n) is 2.39. The molecule has 1 saturated heterocycles. The van der Waals surface area contributed by atoms with Crippen LogP contribution in [0.3, 0.4) is 0 Å². The van der Waals surface area contributed by atoms with Gasteiger partial charge in [-0.25, -0.2) is 0 Å². The standard InChI is InChI=1S/C14H17NO5/c1-20-11-6-2-5-10(12(11)16)13(17)15-7-3-4-9(8-15)14(18)19/h2,5-6,9,16H,3-4,7-8H2,1H3,(H,18,19)/t9-/m1/s1. The molecule has 1 amide bonds. The summed E-state index contributed by atoms with van der Waals surface area (Å²) < 4.78 is 4.97. The highest BCUT2D eigenvalue weighted by molar-refractivity contribution is 5.98. The number of likely N-dealkylation sites (tertiary alicyclic amines) is 1. The Morgan fingerprint density at radius 1 is 1.40 bits per heavy atom. The van der Waals surface area contributed by atoms with Crippen LogP contribution in [0.15, 0.2) is 18.2 Å². The molecule has 20 heavy (non-hydrogen) atoms. The molecule has 2 rings (SSSR count). The molecule has 0 bridgehead atoms. The molecule has 1 atom stereocenters. The number of benzene rings is 1. The molecule has 0 saturated carbocycles. The largest absolute Gasteiger partial charge is 0.504 e. The van der Waals surface area contributed by atoms with Crippen LogP contribution in [-0.2, 0) is 4.79 Å². The fraction of sp³-hybridized carbons (Fsp3) is 0.429. The van der Waals surface area contributed by atoms with E-state index in [1.54, 1.807) is 12.1 Å². The topological polar surface area (TPSA) is 87.1 Å². The number of amides is 1. The first-order chi connectivity index (χ1) is 9.54. The lowest BCUT2D eigenvalue weighted by molar-refractivity contribution is -0.143. The van der Waals surface area contributed by atoms with Gasteiger partial charge >= 0.3 is 5.97 Å². The molecule has 1 aromatic carbocycles. The second-order valence-corrected chi connectivity index (χ2v) is 4.78. The highest BCUT2D eigenvalue weighted by atomic mass is 16.5. The van der Waals surface area contributed by atoms with Crippen molar-refractivity contribution in [2.75, 3.05) is 20.2 Å². The predicted molar refractivity (Wildman–Crippen MR) is 70.9 cm³/mol. The van der Waals surface area contributed by atoms with Crippen LogP contribution in [0.5, 0.6) is 11.5 Å². The van der Waals surface area contributed by atoms with Gasteiger partial charge in [-0.1, -0.05) is 6.07 Å². The van der Waals surface area contributed by atoms with Gasteiger partial charge in [0.25, 0.3) is 5.91 Å². The van der Waals surface area contributed by atoms with E-state index in [0.29, 0.717) is 19.4 Å². The number of carbonyl (C=O) groups excluding carboxylic acids is 1. The molecular formula is C14H17NO5. The number of nitrogens with zero attached hydrogens (tertiary/aromatic N) is 1. The van der Waals surface area contributed by atoms with E-state index in [4.69, 9.17) is 9.84 Å². The zero-order valence-corrected chi connectivity index (χ0v) is 11.2. The number of methoxy groups -OCH3 is 1. The van der Waals surface area contributed by atoms with Crippen molar-refractivity contribution in [2.24, 2.45) is 5.92 Å². The van der Waals surface area contributed by atoms with Gasteiger partial charge in [-0.15, -0.1) is 0 Å². The summed E-state index contributed by atoms with van der Waals surface area (Å²) in [5.41, 5.74) is 0.135. The Morgan fingerprint density at radius 3 is 2.80 bits per heavy atom. The van der Waals surface area contributed by atoms with Crippen molar-refractivity contribution >= 4 is 11.9 Å². The van der Waals surface area contributed by atoms with Crippen molar-refractivity contribution in [3.05, 3.63) is 23.8 Å². The quantitative estimate of drug-likeness (QED) is 0.871. The van der Waals surface area contributed by atoms with Crippen LogP contribution in [0.25, 0.3) is 0 Å². The zero-order chi connectivity index (χ0) is 14.7. The molecule has 0 radical (unpaired) electrons. The maximum absolute atomic E-state index is 12.4. The molecule has 6 heteroatoms. The number of ether oxygens (including phenoxy) is 1. The fourth-order valence-corrected chi connectivity index (χ4v) is 2.39. The minimum Gasteiger partial charge on any atom is -0.504 e. The number of carboxylic acids is 1. The summed E-state index contributed by atoms with van der Waals surface area (Å²) >= 11 is 0. The summed E-state index contributed by atoms with van der Waals surface area (Å²) in [6, 6.07) is 4.68. The minimum absolute atomic E-state index is 0.135. The maximum Gasteiger partial charge on any atom is 0.308 e. The van der Waals surface area contributed by atoms with Gasteiger partial charge in [0.2, 0.25) is 0 Å². The van der Waals surface area contributed by atoms with Gasteiger partial charge in [0.05, 0.1) is 18.6 Å². The zero-order valence-electron chi connectivity index (χ0n) is 11.2. The highest BCUT2D eigenvalue weighted by Crippen LogP contribution is 2.31. The summed E-state index contributed by atoms with van der Waals surface area (Å²) in [4.78, 5) is 24.9. The lowest BCUT2D eigenvalue weighted by Gasteiger charge is -2.31. The van der Waals surface area contributed by atoms with E-state index in [-0.39, 0.29) is 29.5 Å². The van der Waals surface area contributed by atoms with Gasteiger partial charge in [0.15, 0.2) is 11.5 Å². The molecule has 1 aliphatic rings. The van der Waals surface area contributed by atoms with Gasteiger partial charge in [-0.3, -0.25) is 9.59 Å². The van der Waals surface area contributed by atoms with E-state index in [9.17, 15) is 14.7 Å². The predicted octanol–water partition coefficient (Wildman–Crippen LogP) is 1.34. The first-order valence-corrected chi connectivity index (χ1v) is 6.42. The normalized spacial score (nSPS) is 18.6. The Hall–Kier alpha value is -2.24. The number of aromatic hydroxyl groups is 1. The van der Waals surface area contributed by atoms with Crippen molar-refractivity contribution in [3.63, 3.8) is 0 Å². The number of piperidine rings is 1. The Morgan fingerprint density at radius 2 is 2.15 bits per heavy atom. The Kier molecular flexibility index (Phi) is 4.12. The number of phenols is 1. The molecular weight excluding hydrogens is 262 g/mol. The second kappa shape index (κ2) is 5.81. The number of para-hydroxylation sites is 1. The van der Waals surface area contributed by atoms with E-state index < -0.39 is 11.9 Å². The third-order valence-electron chi connectivity index (χ3n) is 3.51. The highest BCUT2D eigenvalue weighted by Gasteiger charge is 2.30.